The third-order valence-electron chi connectivity index (χ3n) is 3.57. The van der Waals surface area contributed by atoms with Crippen LogP contribution in [0, 0.1) is 17.6 Å². The molecule has 6 heteroatoms. The molecule has 4 nitrogen and oxygen atoms in total. The van der Waals surface area contributed by atoms with Crippen LogP contribution >= 0.6 is 0 Å². The summed E-state index contributed by atoms with van der Waals surface area (Å²) in [6.07, 6.45) is 1.48. The topological polar surface area (TPSA) is 49.4 Å². The van der Waals surface area contributed by atoms with Crippen LogP contribution in [0.25, 0.3) is 0 Å². The first kappa shape index (κ1) is 18.1. The number of hydrogen-bond donors (Lipinski definition) is 1. The molecule has 0 bridgehead atoms. The van der Waals surface area contributed by atoms with Gasteiger partial charge in [0, 0.05) is 32.0 Å². The molecular weight excluding hydrogens is 290 g/mol. The molecular formula is C16H22F2N2O2. The van der Waals surface area contributed by atoms with Gasteiger partial charge in [0.15, 0.2) is 0 Å². The van der Waals surface area contributed by atoms with E-state index in [0.29, 0.717) is 0 Å². The monoisotopic (exact) mass is 312 g/mol. The van der Waals surface area contributed by atoms with E-state index in [2.05, 4.69) is 5.32 Å². The van der Waals surface area contributed by atoms with Gasteiger partial charge in [0.1, 0.15) is 11.6 Å². The normalized spacial score (nSPS) is 10.6. The Balaban J connectivity index is 2.70. The smallest absolute Gasteiger partial charge is 0.224 e. The van der Waals surface area contributed by atoms with Crippen LogP contribution in [0.15, 0.2) is 18.2 Å². The fraction of sp³-hybridized carbons (Fsp3) is 0.500. The summed E-state index contributed by atoms with van der Waals surface area (Å²) in [5, 5.41) is 2.74. The molecule has 0 heterocycles. The first-order chi connectivity index (χ1) is 10.4. The highest BCUT2D eigenvalue weighted by molar-refractivity contribution is 5.91. The number of nitrogens with one attached hydrogen (secondary N) is 1. The fourth-order valence-electron chi connectivity index (χ4n) is 2.24. The van der Waals surface area contributed by atoms with Crippen molar-refractivity contribution in [3.8, 4) is 0 Å². The number of carbonyl (C=O) groups excluding carboxylic acids is 2. The Morgan fingerprint density at radius 1 is 1.23 bits per heavy atom. The number of anilines is 1. The largest absolute Gasteiger partial charge is 0.354 e. The average molecular weight is 312 g/mol. The van der Waals surface area contributed by atoms with Crippen LogP contribution in [0.2, 0.25) is 0 Å². The van der Waals surface area contributed by atoms with Crippen molar-refractivity contribution in [2.45, 2.75) is 33.6 Å². The minimum absolute atomic E-state index is 0.00526. The Hall–Kier alpha value is -1.98. The molecule has 122 valence electrons. The van der Waals surface area contributed by atoms with Gasteiger partial charge in [0.25, 0.3) is 0 Å². The molecule has 1 rings (SSSR count). The van der Waals surface area contributed by atoms with E-state index in [1.165, 1.54) is 17.9 Å². The highest BCUT2D eigenvalue weighted by atomic mass is 19.1. The Kier molecular flexibility index (Phi) is 6.95. The van der Waals surface area contributed by atoms with E-state index in [9.17, 15) is 18.4 Å². The van der Waals surface area contributed by atoms with E-state index in [-0.39, 0.29) is 36.5 Å². The van der Waals surface area contributed by atoms with Crippen molar-refractivity contribution < 1.29 is 18.4 Å². The molecule has 0 saturated carbocycles. The van der Waals surface area contributed by atoms with Crippen molar-refractivity contribution in [3.05, 3.63) is 29.8 Å². The average Bonchev–Trinajstić information content (AvgIpc) is 2.45. The Labute approximate surface area is 129 Å². The summed E-state index contributed by atoms with van der Waals surface area (Å²) in [6, 6.07) is 3.04. The molecule has 0 aliphatic heterocycles. The molecule has 0 radical (unpaired) electrons. The quantitative estimate of drug-likeness (QED) is 0.841. The third-order valence-corrected chi connectivity index (χ3v) is 3.57. The second-order valence-corrected chi connectivity index (χ2v) is 5.07. The zero-order valence-electron chi connectivity index (χ0n) is 13.2. The molecule has 0 aliphatic carbocycles. The lowest BCUT2D eigenvalue weighted by atomic mass is 10.0. The first-order valence-corrected chi connectivity index (χ1v) is 7.41. The Bertz CT molecular complexity index is 531. The number of carbonyl (C=O) groups is 2. The maximum absolute atomic E-state index is 13.8. The van der Waals surface area contributed by atoms with E-state index in [0.717, 1.165) is 25.0 Å². The maximum atomic E-state index is 13.8. The molecule has 0 unspecified atom stereocenters. The van der Waals surface area contributed by atoms with Crippen molar-refractivity contribution in [2.24, 2.45) is 5.92 Å². The number of benzene rings is 1. The summed E-state index contributed by atoms with van der Waals surface area (Å²) in [6.45, 7) is 5.51. The lowest BCUT2D eigenvalue weighted by molar-refractivity contribution is -0.125. The van der Waals surface area contributed by atoms with Gasteiger partial charge in [0.2, 0.25) is 11.8 Å². The van der Waals surface area contributed by atoms with Gasteiger partial charge >= 0.3 is 0 Å². The summed E-state index contributed by atoms with van der Waals surface area (Å²) in [7, 11) is 0. The fourth-order valence-corrected chi connectivity index (χ4v) is 2.24. The van der Waals surface area contributed by atoms with E-state index in [1.807, 2.05) is 13.8 Å². The molecule has 1 aromatic rings. The molecule has 1 aromatic carbocycles. The van der Waals surface area contributed by atoms with Gasteiger partial charge in [-0.1, -0.05) is 13.8 Å². The SMILES string of the molecule is CCC(CC)C(=O)NCCN(C(C)=O)c1ccc(F)cc1F. The third kappa shape index (κ3) is 4.79. The number of nitrogens with zero attached hydrogens (tertiary/aromatic N) is 1. The van der Waals surface area contributed by atoms with Gasteiger partial charge in [0.05, 0.1) is 5.69 Å². The summed E-state index contributed by atoms with van der Waals surface area (Å²) in [5.41, 5.74) is 0.00526. The summed E-state index contributed by atoms with van der Waals surface area (Å²) >= 11 is 0. The molecule has 0 aliphatic rings. The Morgan fingerprint density at radius 3 is 2.36 bits per heavy atom. The van der Waals surface area contributed by atoms with Gasteiger partial charge in [-0.3, -0.25) is 9.59 Å². The van der Waals surface area contributed by atoms with E-state index < -0.39 is 11.6 Å². The van der Waals surface area contributed by atoms with Gasteiger partial charge in [-0.2, -0.15) is 0 Å². The standard InChI is InChI=1S/C16H22F2N2O2/c1-4-12(5-2)16(22)19-8-9-20(11(3)21)15-7-6-13(17)10-14(15)18/h6-7,10,12H,4-5,8-9H2,1-3H3,(H,19,22). The summed E-state index contributed by atoms with van der Waals surface area (Å²) in [4.78, 5) is 24.7. The van der Waals surface area contributed by atoms with Gasteiger partial charge in [-0.25, -0.2) is 8.78 Å². The molecule has 2 amide bonds. The minimum Gasteiger partial charge on any atom is -0.354 e. The van der Waals surface area contributed by atoms with Crippen molar-refractivity contribution in [1.29, 1.82) is 0 Å². The van der Waals surface area contributed by atoms with Crippen LogP contribution in [0.5, 0.6) is 0 Å². The zero-order chi connectivity index (χ0) is 16.7. The summed E-state index contributed by atoms with van der Waals surface area (Å²) < 4.78 is 26.7. The number of halogens is 2. The maximum Gasteiger partial charge on any atom is 0.224 e. The molecule has 0 fully saturated rings. The Morgan fingerprint density at radius 2 is 1.86 bits per heavy atom. The van der Waals surface area contributed by atoms with E-state index in [4.69, 9.17) is 0 Å². The van der Waals surface area contributed by atoms with Crippen molar-refractivity contribution in [3.63, 3.8) is 0 Å². The van der Waals surface area contributed by atoms with Crippen LogP contribution in [-0.4, -0.2) is 24.9 Å². The second kappa shape index (κ2) is 8.46. The number of hydrogen-bond acceptors (Lipinski definition) is 2. The van der Waals surface area contributed by atoms with Gasteiger partial charge in [-0.05, 0) is 25.0 Å². The molecule has 0 saturated heterocycles. The van der Waals surface area contributed by atoms with Crippen LogP contribution in [0.4, 0.5) is 14.5 Å². The van der Waals surface area contributed by atoms with Crippen molar-refractivity contribution >= 4 is 17.5 Å². The van der Waals surface area contributed by atoms with E-state index >= 15 is 0 Å². The van der Waals surface area contributed by atoms with Gasteiger partial charge < -0.3 is 10.2 Å². The highest BCUT2D eigenvalue weighted by Gasteiger charge is 2.18. The lowest BCUT2D eigenvalue weighted by Crippen LogP contribution is -2.39. The molecule has 1 N–H and O–H groups in total. The minimum atomic E-state index is -0.804. The van der Waals surface area contributed by atoms with Crippen LogP contribution in [-0.2, 0) is 9.59 Å². The van der Waals surface area contributed by atoms with Crippen molar-refractivity contribution in [1.82, 2.24) is 5.32 Å². The van der Waals surface area contributed by atoms with E-state index in [1.54, 1.807) is 0 Å². The van der Waals surface area contributed by atoms with Crippen LogP contribution in [0.3, 0.4) is 0 Å². The highest BCUT2D eigenvalue weighted by Crippen LogP contribution is 2.20. The predicted molar refractivity (Wildman–Crippen MR) is 81.5 cm³/mol. The second-order valence-electron chi connectivity index (χ2n) is 5.07. The van der Waals surface area contributed by atoms with Gasteiger partial charge in [-0.15, -0.1) is 0 Å². The predicted octanol–water partition coefficient (Wildman–Crippen LogP) is 2.87. The molecule has 0 aromatic heterocycles. The summed E-state index contributed by atoms with van der Waals surface area (Å²) in [5.74, 6) is -2.02. The van der Waals surface area contributed by atoms with Crippen LogP contribution < -0.4 is 10.2 Å². The number of rotatable bonds is 7. The first-order valence-electron chi connectivity index (χ1n) is 7.41. The zero-order valence-corrected chi connectivity index (χ0v) is 13.2. The lowest BCUT2D eigenvalue weighted by Gasteiger charge is -2.22. The van der Waals surface area contributed by atoms with Crippen LogP contribution in [0.1, 0.15) is 33.6 Å². The molecule has 22 heavy (non-hydrogen) atoms. The molecule has 0 spiro atoms. The number of amides is 2. The van der Waals surface area contributed by atoms with Crippen molar-refractivity contribution in [2.75, 3.05) is 18.0 Å². The molecule has 0 atom stereocenters.